The molecule has 0 amide bonds. The standard InChI is InChI=1S/C15H11F3.C7H13NO2.C2H6/c1-2-11-3-5-12(6-4-11)13-7-9-14(10-8-13)15(16,17)18;1-2-5-3-6(7(9)10)8-4-5;1-2/h2-10H,1H2;5-6,8H,2-4H2,1H3,(H,9,10);1-2H3. The molecule has 2 N–H and O–H groups in total. The molecule has 0 aromatic heterocycles. The second kappa shape index (κ2) is 12.2. The van der Waals surface area contributed by atoms with Crippen LogP contribution in [0.15, 0.2) is 55.1 Å². The quantitative estimate of drug-likeness (QED) is 0.592. The van der Waals surface area contributed by atoms with Gasteiger partial charge in [-0.1, -0.05) is 76.2 Å². The number of halogens is 3. The molecule has 0 saturated carbocycles. The molecule has 2 aromatic carbocycles. The van der Waals surface area contributed by atoms with Crippen molar-refractivity contribution < 1.29 is 23.1 Å². The summed E-state index contributed by atoms with van der Waals surface area (Å²) in [6, 6.07) is 12.3. The highest BCUT2D eigenvalue weighted by Gasteiger charge is 2.30. The van der Waals surface area contributed by atoms with Crippen molar-refractivity contribution in [2.45, 2.75) is 45.8 Å². The molecular weight excluding hydrogens is 391 g/mol. The Morgan fingerprint density at radius 2 is 1.60 bits per heavy atom. The first-order valence-corrected chi connectivity index (χ1v) is 10.1. The number of aliphatic carboxylic acids is 1. The molecule has 3 nitrogen and oxygen atoms in total. The minimum Gasteiger partial charge on any atom is -0.480 e. The van der Waals surface area contributed by atoms with Gasteiger partial charge < -0.3 is 10.4 Å². The summed E-state index contributed by atoms with van der Waals surface area (Å²) in [6.45, 7) is 10.6. The lowest BCUT2D eigenvalue weighted by Gasteiger charge is -2.08. The Balaban J connectivity index is 0.000000318. The highest BCUT2D eigenvalue weighted by atomic mass is 19.4. The number of carboxylic acids is 1. The zero-order chi connectivity index (χ0) is 22.7. The number of carboxylic acid groups (broad SMARTS) is 1. The van der Waals surface area contributed by atoms with Gasteiger partial charge in [0.25, 0.3) is 0 Å². The van der Waals surface area contributed by atoms with Crippen LogP contribution >= 0.6 is 0 Å². The number of carbonyl (C=O) groups is 1. The average Bonchev–Trinajstić information content (AvgIpc) is 3.25. The van der Waals surface area contributed by atoms with E-state index in [4.69, 9.17) is 5.11 Å². The van der Waals surface area contributed by atoms with Gasteiger partial charge in [-0.25, -0.2) is 0 Å². The molecule has 1 aliphatic rings. The molecule has 3 rings (SSSR count). The molecule has 0 radical (unpaired) electrons. The molecule has 1 aliphatic heterocycles. The lowest BCUT2D eigenvalue weighted by molar-refractivity contribution is -0.139. The van der Waals surface area contributed by atoms with Gasteiger partial charge in [0, 0.05) is 0 Å². The predicted octanol–water partition coefficient (Wildman–Crippen LogP) is 6.50. The Labute approximate surface area is 176 Å². The second-order valence-corrected chi connectivity index (χ2v) is 6.71. The van der Waals surface area contributed by atoms with Crippen molar-refractivity contribution in [3.8, 4) is 11.1 Å². The zero-order valence-corrected chi connectivity index (χ0v) is 17.7. The van der Waals surface area contributed by atoms with Crippen molar-refractivity contribution in [1.29, 1.82) is 0 Å². The number of rotatable bonds is 4. The Morgan fingerprint density at radius 3 is 1.93 bits per heavy atom. The summed E-state index contributed by atoms with van der Waals surface area (Å²) >= 11 is 0. The molecule has 164 valence electrons. The van der Waals surface area contributed by atoms with E-state index in [9.17, 15) is 18.0 Å². The van der Waals surface area contributed by atoms with Gasteiger partial charge in [0.1, 0.15) is 6.04 Å². The van der Waals surface area contributed by atoms with Crippen LogP contribution in [0.4, 0.5) is 13.2 Å². The Hall–Kier alpha value is -2.60. The molecule has 0 spiro atoms. The van der Waals surface area contributed by atoms with Crippen molar-refractivity contribution in [1.82, 2.24) is 5.32 Å². The topological polar surface area (TPSA) is 49.3 Å². The van der Waals surface area contributed by atoms with Gasteiger partial charge in [-0.3, -0.25) is 4.79 Å². The Bertz CT molecular complexity index is 784. The maximum absolute atomic E-state index is 12.4. The molecule has 2 atom stereocenters. The summed E-state index contributed by atoms with van der Waals surface area (Å²) in [7, 11) is 0. The number of hydrogen-bond acceptors (Lipinski definition) is 2. The second-order valence-electron chi connectivity index (χ2n) is 6.71. The van der Waals surface area contributed by atoms with Crippen LogP contribution in [0.25, 0.3) is 17.2 Å². The number of alkyl halides is 3. The van der Waals surface area contributed by atoms with Crippen LogP contribution in [-0.2, 0) is 11.0 Å². The van der Waals surface area contributed by atoms with Gasteiger partial charge in [-0.05, 0) is 47.7 Å². The van der Waals surface area contributed by atoms with E-state index in [1.165, 1.54) is 12.1 Å². The first kappa shape index (κ1) is 25.4. The van der Waals surface area contributed by atoms with Crippen LogP contribution in [-0.4, -0.2) is 23.7 Å². The highest BCUT2D eigenvalue weighted by Crippen LogP contribution is 2.31. The molecular formula is C24H30F3NO2. The highest BCUT2D eigenvalue weighted by molar-refractivity contribution is 5.73. The molecule has 30 heavy (non-hydrogen) atoms. The van der Waals surface area contributed by atoms with Gasteiger partial charge in [0.05, 0.1) is 5.56 Å². The summed E-state index contributed by atoms with van der Waals surface area (Å²) in [5, 5.41) is 11.5. The Kier molecular flexibility index (Phi) is 10.3. The third kappa shape index (κ3) is 7.67. The summed E-state index contributed by atoms with van der Waals surface area (Å²) in [5.74, 6) is -0.142. The van der Waals surface area contributed by atoms with E-state index < -0.39 is 17.7 Å². The number of benzene rings is 2. The van der Waals surface area contributed by atoms with Crippen LogP contribution in [0, 0.1) is 5.92 Å². The van der Waals surface area contributed by atoms with E-state index in [1.807, 2.05) is 38.1 Å². The third-order valence-corrected chi connectivity index (χ3v) is 4.79. The van der Waals surface area contributed by atoms with Gasteiger partial charge in [0.15, 0.2) is 0 Å². The lowest BCUT2D eigenvalue weighted by Crippen LogP contribution is -2.29. The van der Waals surface area contributed by atoms with Crippen molar-refractivity contribution in [3.63, 3.8) is 0 Å². The molecule has 2 unspecified atom stereocenters. The predicted molar refractivity (Wildman–Crippen MR) is 116 cm³/mol. The van der Waals surface area contributed by atoms with E-state index in [1.54, 1.807) is 6.08 Å². The minimum atomic E-state index is -4.29. The van der Waals surface area contributed by atoms with Crippen LogP contribution in [0.1, 0.15) is 44.7 Å². The fourth-order valence-corrected chi connectivity index (χ4v) is 2.97. The smallest absolute Gasteiger partial charge is 0.416 e. The van der Waals surface area contributed by atoms with E-state index in [-0.39, 0.29) is 6.04 Å². The molecule has 6 heteroatoms. The number of nitrogens with one attached hydrogen (secondary N) is 1. The lowest BCUT2D eigenvalue weighted by atomic mass is 10.0. The van der Waals surface area contributed by atoms with Gasteiger partial charge >= 0.3 is 12.1 Å². The molecule has 0 aliphatic carbocycles. The monoisotopic (exact) mass is 421 g/mol. The fourth-order valence-electron chi connectivity index (χ4n) is 2.97. The molecule has 2 aromatic rings. The minimum absolute atomic E-state index is 0.287. The first-order valence-electron chi connectivity index (χ1n) is 10.1. The summed E-state index contributed by atoms with van der Waals surface area (Å²) in [6.07, 6.45) is -0.690. The van der Waals surface area contributed by atoms with E-state index in [2.05, 4.69) is 18.8 Å². The third-order valence-electron chi connectivity index (χ3n) is 4.79. The van der Waals surface area contributed by atoms with Crippen LogP contribution in [0.3, 0.4) is 0 Å². The zero-order valence-electron chi connectivity index (χ0n) is 17.7. The van der Waals surface area contributed by atoms with E-state index in [0.717, 1.165) is 48.2 Å². The van der Waals surface area contributed by atoms with Crippen molar-refractivity contribution in [2.75, 3.05) is 6.54 Å². The largest absolute Gasteiger partial charge is 0.480 e. The van der Waals surface area contributed by atoms with Gasteiger partial charge in [0.2, 0.25) is 0 Å². The SMILES string of the molecule is C=Cc1ccc(-c2ccc(C(F)(F)F)cc2)cc1.CC.CCC1CNC(C(=O)O)C1. The Morgan fingerprint density at radius 1 is 1.10 bits per heavy atom. The molecule has 1 heterocycles. The van der Waals surface area contributed by atoms with Crippen LogP contribution in [0.5, 0.6) is 0 Å². The maximum Gasteiger partial charge on any atom is 0.416 e. The van der Waals surface area contributed by atoms with Crippen LogP contribution in [0.2, 0.25) is 0 Å². The normalized spacial score (nSPS) is 17.8. The fraction of sp³-hybridized carbons (Fsp3) is 0.375. The van der Waals surface area contributed by atoms with Crippen molar-refractivity contribution >= 4 is 12.0 Å². The summed E-state index contributed by atoms with van der Waals surface area (Å²) in [5.41, 5.74) is 1.99. The van der Waals surface area contributed by atoms with E-state index >= 15 is 0 Å². The first-order chi connectivity index (χ1) is 14.2. The van der Waals surface area contributed by atoms with Gasteiger partial charge in [-0.15, -0.1) is 0 Å². The molecule has 1 saturated heterocycles. The molecule has 0 bridgehead atoms. The van der Waals surface area contributed by atoms with Crippen LogP contribution < -0.4 is 5.32 Å². The van der Waals surface area contributed by atoms with Crippen molar-refractivity contribution in [3.05, 3.63) is 66.2 Å². The van der Waals surface area contributed by atoms with E-state index in [0.29, 0.717) is 5.92 Å². The van der Waals surface area contributed by atoms with Gasteiger partial charge in [-0.2, -0.15) is 13.2 Å². The molecule has 1 fully saturated rings. The number of hydrogen-bond donors (Lipinski definition) is 2. The summed E-state index contributed by atoms with van der Waals surface area (Å²) in [4.78, 5) is 10.4. The van der Waals surface area contributed by atoms with Crippen molar-refractivity contribution in [2.24, 2.45) is 5.92 Å². The maximum atomic E-state index is 12.4. The average molecular weight is 422 g/mol. The summed E-state index contributed by atoms with van der Waals surface area (Å²) < 4.78 is 37.2.